The minimum atomic E-state index is -0.176. The van der Waals surface area contributed by atoms with Crippen molar-refractivity contribution < 1.29 is 14.3 Å². The monoisotopic (exact) mass is 342 g/mol. The Morgan fingerprint density at radius 2 is 2.00 bits per heavy atom. The standard InChI is InChI=1S/C22H30O3/c1-14(2)15-7-8-17-16(11-15)18(23)12-19-21(3,13-20(24)25-5)9-6-10-22(17,19)4/h7-8,11,14,19H,6,9-10,12-13H2,1-5H3/t19-,21-,22+/m0/s1. The highest BCUT2D eigenvalue weighted by Gasteiger charge is 2.54. The second-order valence-corrected chi connectivity index (χ2v) is 8.82. The second-order valence-electron chi connectivity index (χ2n) is 8.82. The van der Waals surface area contributed by atoms with Crippen LogP contribution in [0.1, 0.15) is 87.2 Å². The molecule has 0 unspecified atom stereocenters. The fraction of sp³-hybridized carbons (Fsp3) is 0.636. The van der Waals surface area contributed by atoms with Gasteiger partial charge in [-0.2, -0.15) is 0 Å². The fourth-order valence-corrected chi connectivity index (χ4v) is 5.33. The van der Waals surface area contributed by atoms with Crippen LogP contribution >= 0.6 is 0 Å². The van der Waals surface area contributed by atoms with E-state index in [9.17, 15) is 9.59 Å². The van der Waals surface area contributed by atoms with Gasteiger partial charge in [0.05, 0.1) is 13.5 Å². The molecule has 0 aromatic heterocycles. The van der Waals surface area contributed by atoms with E-state index in [0.717, 1.165) is 24.8 Å². The van der Waals surface area contributed by atoms with Gasteiger partial charge in [-0.15, -0.1) is 0 Å². The van der Waals surface area contributed by atoms with Crippen LogP contribution in [-0.4, -0.2) is 18.9 Å². The van der Waals surface area contributed by atoms with E-state index in [1.807, 2.05) is 0 Å². The molecule has 1 aromatic rings. The summed E-state index contributed by atoms with van der Waals surface area (Å²) < 4.78 is 4.95. The van der Waals surface area contributed by atoms with Crippen LogP contribution in [0, 0.1) is 11.3 Å². The summed E-state index contributed by atoms with van der Waals surface area (Å²) in [5, 5.41) is 0. The van der Waals surface area contributed by atoms with E-state index >= 15 is 0 Å². The lowest BCUT2D eigenvalue weighted by atomic mass is 9.49. The molecule has 0 heterocycles. The van der Waals surface area contributed by atoms with Crippen molar-refractivity contribution in [1.82, 2.24) is 0 Å². The minimum absolute atomic E-state index is 0.0419. The number of Topliss-reactive ketones (excluding diaryl/α,β-unsaturated/α-hetero) is 1. The van der Waals surface area contributed by atoms with Crippen molar-refractivity contribution in [2.75, 3.05) is 7.11 Å². The first-order valence-corrected chi connectivity index (χ1v) is 9.46. The van der Waals surface area contributed by atoms with Crippen molar-refractivity contribution in [2.24, 2.45) is 11.3 Å². The zero-order valence-electron chi connectivity index (χ0n) is 16.1. The molecular formula is C22H30O3. The topological polar surface area (TPSA) is 43.4 Å². The van der Waals surface area contributed by atoms with E-state index in [1.54, 1.807) is 0 Å². The van der Waals surface area contributed by atoms with E-state index in [1.165, 1.54) is 18.2 Å². The Hall–Kier alpha value is -1.64. The lowest BCUT2D eigenvalue weighted by Crippen LogP contribution is -2.51. The molecule has 3 nitrogen and oxygen atoms in total. The number of methoxy groups -OCH3 is 1. The van der Waals surface area contributed by atoms with Gasteiger partial charge < -0.3 is 4.74 Å². The zero-order valence-corrected chi connectivity index (χ0v) is 16.1. The quantitative estimate of drug-likeness (QED) is 0.724. The molecule has 25 heavy (non-hydrogen) atoms. The van der Waals surface area contributed by atoms with Gasteiger partial charge in [0.25, 0.3) is 0 Å². The maximum absolute atomic E-state index is 13.0. The first kappa shape index (κ1) is 18.2. The van der Waals surface area contributed by atoms with Crippen LogP contribution in [0.5, 0.6) is 0 Å². The average Bonchev–Trinajstić information content (AvgIpc) is 2.56. The second kappa shape index (κ2) is 6.26. The number of ketones is 1. The Morgan fingerprint density at radius 3 is 2.64 bits per heavy atom. The number of hydrogen-bond donors (Lipinski definition) is 0. The molecule has 136 valence electrons. The third-order valence-corrected chi connectivity index (χ3v) is 6.85. The average molecular weight is 342 g/mol. The van der Waals surface area contributed by atoms with E-state index < -0.39 is 0 Å². The van der Waals surface area contributed by atoms with E-state index in [0.29, 0.717) is 18.8 Å². The fourth-order valence-electron chi connectivity index (χ4n) is 5.33. The molecule has 0 aliphatic heterocycles. The van der Waals surface area contributed by atoms with Gasteiger partial charge in [0.1, 0.15) is 0 Å². The summed E-state index contributed by atoms with van der Waals surface area (Å²) in [5.41, 5.74) is 3.10. The highest BCUT2D eigenvalue weighted by atomic mass is 16.5. The maximum Gasteiger partial charge on any atom is 0.306 e. The van der Waals surface area contributed by atoms with Crippen LogP contribution in [0.25, 0.3) is 0 Å². The molecule has 0 bridgehead atoms. The van der Waals surface area contributed by atoms with Gasteiger partial charge in [-0.25, -0.2) is 0 Å². The predicted molar refractivity (Wildman–Crippen MR) is 98.9 cm³/mol. The summed E-state index contributed by atoms with van der Waals surface area (Å²) in [4.78, 5) is 25.0. The molecule has 3 atom stereocenters. The third-order valence-electron chi connectivity index (χ3n) is 6.85. The summed E-state index contributed by atoms with van der Waals surface area (Å²) in [6.45, 7) is 8.79. The molecule has 3 rings (SSSR count). The SMILES string of the molecule is COC(=O)C[C@]1(C)CCC[C@]2(C)c3ccc(C(C)C)cc3C(=O)C[C@@H]12. The van der Waals surface area contributed by atoms with Gasteiger partial charge in [-0.3, -0.25) is 9.59 Å². The Morgan fingerprint density at radius 1 is 1.28 bits per heavy atom. The Balaban J connectivity index is 2.06. The predicted octanol–water partition coefficient (Wildman–Crippen LogP) is 5.02. The number of hydrogen-bond acceptors (Lipinski definition) is 3. The number of rotatable bonds is 3. The summed E-state index contributed by atoms with van der Waals surface area (Å²) in [6, 6.07) is 6.46. The van der Waals surface area contributed by atoms with Crippen LogP contribution in [0.15, 0.2) is 18.2 Å². The normalized spacial score (nSPS) is 31.4. The maximum atomic E-state index is 13.0. The lowest BCUT2D eigenvalue weighted by Gasteiger charge is -2.54. The van der Waals surface area contributed by atoms with E-state index in [-0.39, 0.29) is 28.5 Å². The smallest absolute Gasteiger partial charge is 0.306 e. The zero-order chi connectivity index (χ0) is 18.4. The van der Waals surface area contributed by atoms with Crippen molar-refractivity contribution in [3.05, 3.63) is 34.9 Å². The Bertz CT molecular complexity index is 705. The lowest BCUT2D eigenvalue weighted by molar-refractivity contribution is -0.145. The van der Waals surface area contributed by atoms with Gasteiger partial charge in [0, 0.05) is 12.0 Å². The van der Waals surface area contributed by atoms with Crippen molar-refractivity contribution in [3.8, 4) is 0 Å². The molecular weight excluding hydrogens is 312 g/mol. The van der Waals surface area contributed by atoms with Crippen molar-refractivity contribution in [2.45, 2.75) is 71.1 Å². The molecule has 0 N–H and O–H groups in total. The molecule has 2 aliphatic carbocycles. The van der Waals surface area contributed by atoms with Crippen molar-refractivity contribution in [3.63, 3.8) is 0 Å². The Kier molecular flexibility index (Phi) is 4.55. The van der Waals surface area contributed by atoms with E-state index in [2.05, 4.69) is 45.9 Å². The van der Waals surface area contributed by atoms with Gasteiger partial charge in [0.2, 0.25) is 0 Å². The number of ether oxygens (including phenoxy) is 1. The molecule has 0 spiro atoms. The number of carbonyl (C=O) groups excluding carboxylic acids is 2. The first-order valence-electron chi connectivity index (χ1n) is 9.46. The third kappa shape index (κ3) is 2.92. The van der Waals surface area contributed by atoms with Gasteiger partial charge in [-0.1, -0.05) is 46.2 Å². The van der Waals surface area contributed by atoms with Crippen LogP contribution < -0.4 is 0 Å². The van der Waals surface area contributed by atoms with Gasteiger partial charge >= 0.3 is 5.97 Å². The molecule has 1 fully saturated rings. The van der Waals surface area contributed by atoms with Crippen LogP contribution in [0.3, 0.4) is 0 Å². The molecule has 1 aromatic carbocycles. The molecule has 1 saturated carbocycles. The Labute approximate surface area is 151 Å². The molecule has 0 amide bonds. The summed E-state index contributed by atoms with van der Waals surface area (Å²) in [7, 11) is 1.45. The first-order chi connectivity index (χ1) is 11.7. The van der Waals surface area contributed by atoms with Crippen LogP contribution in [0.4, 0.5) is 0 Å². The van der Waals surface area contributed by atoms with E-state index in [4.69, 9.17) is 4.74 Å². The van der Waals surface area contributed by atoms with Gasteiger partial charge in [-0.05, 0) is 52.7 Å². The summed E-state index contributed by atoms with van der Waals surface area (Å²) in [6.07, 6.45) is 4.08. The molecule has 0 saturated heterocycles. The largest absolute Gasteiger partial charge is 0.469 e. The highest BCUT2D eigenvalue weighted by Crippen LogP contribution is 2.58. The highest BCUT2D eigenvalue weighted by molar-refractivity contribution is 5.99. The summed E-state index contributed by atoms with van der Waals surface area (Å²) >= 11 is 0. The molecule has 2 aliphatic rings. The van der Waals surface area contributed by atoms with Gasteiger partial charge in [0.15, 0.2) is 5.78 Å². The number of esters is 1. The molecule has 3 heteroatoms. The number of carbonyl (C=O) groups is 2. The summed E-state index contributed by atoms with van der Waals surface area (Å²) in [5.74, 6) is 0.676. The molecule has 0 radical (unpaired) electrons. The van der Waals surface area contributed by atoms with Crippen LogP contribution in [-0.2, 0) is 14.9 Å². The minimum Gasteiger partial charge on any atom is -0.469 e. The number of fused-ring (bicyclic) bond motifs is 3. The van der Waals surface area contributed by atoms with Crippen molar-refractivity contribution in [1.29, 1.82) is 0 Å². The number of benzene rings is 1. The van der Waals surface area contributed by atoms with Crippen molar-refractivity contribution >= 4 is 11.8 Å². The van der Waals surface area contributed by atoms with Crippen LogP contribution in [0.2, 0.25) is 0 Å².